The van der Waals surface area contributed by atoms with Crippen molar-refractivity contribution in [1.29, 1.82) is 0 Å². The summed E-state index contributed by atoms with van der Waals surface area (Å²) >= 11 is 0. The summed E-state index contributed by atoms with van der Waals surface area (Å²) in [6.45, 7) is 13.8. The van der Waals surface area contributed by atoms with Crippen molar-refractivity contribution in [3.8, 4) is 17.0 Å². The fourth-order valence-corrected chi connectivity index (χ4v) is 4.79. The molecule has 8 nitrogen and oxygen atoms in total. The second kappa shape index (κ2) is 14.5. The molecule has 1 saturated heterocycles. The molecule has 1 aliphatic rings. The number of aromatic nitrogens is 2. The van der Waals surface area contributed by atoms with E-state index in [2.05, 4.69) is 28.7 Å². The maximum Gasteiger partial charge on any atom is 0.416 e. The number of hydrogen-bond acceptors (Lipinski definition) is 7. The monoisotopic (exact) mass is 590 g/mol. The van der Waals surface area contributed by atoms with Crippen molar-refractivity contribution in [3.63, 3.8) is 0 Å². The molecule has 2 aromatic rings. The van der Waals surface area contributed by atoms with Crippen molar-refractivity contribution in [2.45, 2.75) is 77.1 Å². The second-order valence-corrected chi connectivity index (χ2v) is 11.2. The second-order valence-electron chi connectivity index (χ2n) is 11.2. The maximum absolute atomic E-state index is 13.8. The number of halogens is 3. The Morgan fingerprint density at radius 3 is 2.55 bits per heavy atom. The van der Waals surface area contributed by atoms with Crippen LogP contribution in [-0.2, 0) is 28.5 Å². The largest absolute Gasteiger partial charge is 0.467 e. The molecule has 1 amide bonds. The van der Waals surface area contributed by atoms with Crippen LogP contribution in [0.15, 0.2) is 43.5 Å². The quantitative estimate of drug-likeness (QED) is 0.159. The third kappa shape index (κ3) is 9.20. The molecule has 0 bridgehead atoms. The van der Waals surface area contributed by atoms with Gasteiger partial charge >= 0.3 is 12.3 Å². The molecule has 0 saturated carbocycles. The smallest absolute Gasteiger partial charge is 0.416 e. The minimum absolute atomic E-state index is 0.00351. The van der Waals surface area contributed by atoms with Gasteiger partial charge in [-0.1, -0.05) is 12.2 Å². The topological polar surface area (TPSA) is 85.8 Å². The number of rotatable bonds is 12. The molecule has 1 fully saturated rings. The number of methoxy groups -OCH3 is 1. The summed E-state index contributed by atoms with van der Waals surface area (Å²) in [6.07, 6.45) is 2.30. The molecule has 1 aliphatic heterocycles. The van der Waals surface area contributed by atoms with E-state index in [9.17, 15) is 18.0 Å². The van der Waals surface area contributed by atoms with E-state index >= 15 is 0 Å². The summed E-state index contributed by atoms with van der Waals surface area (Å²) in [5, 5.41) is 12.3. The van der Waals surface area contributed by atoms with E-state index in [1.807, 2.05) is 32.9 Å². The van der Waals surface area contributed by atoms with Gasteiger partial charge in [-0.15, -0.1) is 23.4 Å². The third-order valence-corrected chi connectivity index (χ3v) is 6.60. The van der Waals surface area contributed by atoms with Crippen LogP contribution in [0.5, 0.6) is 5.75 Å². The molecule has 0 radical (unpaired) electrons. The molecule has 1 N–H and O–H groups in total. The van der Waals surface area contributed by atoms with Gasteiger partial charge in [-0.3, -0.25) is 0 Å². The summed E-state index contributed by atoms with van der Waals surface area (Å²) in [4.78, 5) is 14.3. The van der Waals surface area contributed by atoms with Gasteiger partial charge in [0.05, 0.1) is 5.56 Å². The molecule has 0 aliphatic carbocycles. The van der Waals surface area contributed by atoms with E-state index in [1.165, 1.54) is 7.11 Å². The van der Waals surface area contributed by atoms with Gasteiger partial charge in [-0.05, 0) is 88.6 Å². The Bertz CT molecular complexity index is 1240. The predicted octanol–water partition coefficient (Wildman–Crippen LogP) is 7.19. The fourth-order valence-electron chi connectivity index (χ4n) is 4.79. The molecule has 0 spiro atoms. The first-order valence-corrected chi connectivity index (χ1v) is 14.0. The summed E-state index contributed by atoms with van der Waals surface area (Å²) in [5.41, 5.74) is 0.586. The highest BCUT2D eigenvalue weighted by atomic mass is 19.4. The molecule has 0 unspecified atom stereocenters. The van der Waals surface area contributed by atoms with Crippen LogP contribution in [0.4, 0.5) is 23.8 Å². The number of likely N-dealkylation sites (tertiary alicyclic amines) is 1. The van der Waals surface area contributed by atoms with Gasteiger partial charge in [0.1, 0.15) is 22.9 Å². The Kier molecular flexibility index (Phi) is 11.4. The van der Waals surface area contributed by atoms with E-state index in [0.717, 1.165) is 43.4 Å². The van der Waals surface area contributed by atoms with Crippen LogP contribution in [0.1, 0.15) is 63.1 Å². The molecule has 1 atom stereocenters. The number of amides is 1. The Morgan fingerprint density at radius 2 is 1.90 bits per heavy atom. The molecule has 3 rings (SSSR count). The van der Waals surface area contributed by atoms with E-state index in [4.69, 9.17) is 14.2 Å². The minimum atomic E-state index is -4.57. The van der Waals surface area contributed by atoms with Crippen LogP contribution in [0, 0.1) is 0 Å². The highest BCUT2D eigenvalue weighted by Gasteiger charge is 2.33. The Balaban J connectivity index is 2.00. The number of allylic oxidation sites excluding steroid dienone is 2. The average molecular weight is 591 g/mol. The lowest BCUT2D eigenvalue weighted by atomic mass is 9.93. The number of benzene rings is 1. The Hall–Kier alpha value is -3.60. The molecule has 1 aromatic carbocycles. The normalized spacial score (nSPS) is 15.7. The average Bonchev–Trinajstić information content (AvgIpc) is 2.91. The highest BCUT2D eigenvalue weighted by Crippen LogP contribution is 2.41. The number of nitrogens with zero attached hydrogens (tertiary/aromatic N) is 3. The summed E-state index contributed by atoms with van der Waals surface area (Å²) in [6, 6.07) is 3.87. The van der Waals surface area contributed by atoms with Gasteiger partial charge in [0.15, 0.2) is 6.79 Å². The lowest BCUT2D eigenvalue weighted by molar-refractivity contribution is -0.137. The summed E-state index contributed by atoms with van der Waals surface area (Å²) in [7, 11) is 1.40. The van der Waals surface area contributed by atoms with Gasteiger partial charge < -0.3 is 24.4 Å². The van der Waals surface area contributed by atoms with Crippen molar-refractivity contribution in [2.24, 2.45) is 0 Å². The number of anilines is 1. The first-order chi connectivity index (χ1) is 19.9. The van der Waals surface area contributed by atoms with Crippen molar-refractivity contribution >= 4 is 11.9 Å². The Labute approximate surface area is 245 Å². The highest BCUT2D eigenvalue weighted by molar-refractivity contribution is 5.75. The maximum atomic E-state index is 13.8. The van der Waals surface area contributed by atoms with Crippen LogP contribution in [0.3, 0.4) is 0 Å². The fraction of sp³-hybridized carbons (Fsp3) is 0.516. The number of carbonyl (C=O) groups excluding carboxylic acids is 1. The molecule has 11 heteroatoms. The zero-order chi connectivity index (χ0) is 30.9. The van der Waals surface area contributed by atoms with Gasteiger partial charge in [0.25, 0.3) is 0 Å². The van der Waals surface area contributed by atoms with E-state index in [1.54, 1.807) is 11.0 Å². The van der Waals surface area contributed by atoms with Gasteiger partial charge in [0.2, 0.25) is 0 Å². The number of nitrogens with one attached hydrogen (secondary N) is 1. The molecular formula is C31H41F3N4O4. The van der Waals surface area contributed by atoms with Crippen molar-refractivity contribution < 1.29 is 32.2 Å². The number of unbranched alkanes of at least 4 members (excludes halogenated alkanes) is 1. The van der Waals surface area contributed by atoms with Crippen molar-refractivity contribution in [2.75, 3.05) is 32.3 Å². The van der Waals surface area contributed by atoms with Crippen LogP contribution in [-0.4, -0.2) is 59.8 Å². The summed E-state index contributed by atoms with van der Waals surface area (Å²) in [5.74, 6) is 0.517. The van der Waals surface area contributed by atoms with E-state index in [-0.39, 0.29) is 31.1 Å². The van der Waals surface area contributed by atoms with Crippen LogP contribution in [0.2, 0.25) is 0 Å². The molecule has 42 heavy (non-hydrogen) atoms. The number of aryl methyl sites for hydroxylation is 1. The first kappa shape index (κ1) is 32.9. The standard InChI is InChI=1S/C31H41F3N4O4/c1-7-9-10-13-22-17-26(35-24-14-11-15-38(19-24)29(39)42-30(3,4)5)36-37-28(22)27-21(12-8-2)16-23(31(32,33)34)18-25(27)41-20-40-6/h7-8,16-18,24H,1-2,9-15,19-20H2,3-6H3,(H,35,36)/t24-/m1/s1. The number of alkyl halides is 3. The van der Waals surface area contributed by atoms with Gasteiger partial charge in [-0.2, -0.15) is 13.2 Å². The zero-order valence-electron chi connectivity index (χ0n) is 24.9. The predicted molar refractivity (Wildman–Crippen MR) is 156 cm³/mol. The van der Waals surface area contributed by atoms with Crippen LogP contribution >= 0.6 is 0 Å². The van der Waals surface area contributed by atoms with E-state index in [0.29, 0.717) is 42.1 Å². The minimum Gasteiger partial charge on any atom is -0.467 e. The zero-order valence-corrected chi connectivity index (χ0v) is 24.9. The number of ether oxygens (including phenoxy) is 3. The molecule has 1 aromatic heterocycles. The lowest BCUT2D eigenvalue weighted by Gasteiger charge is -2.34. The number of hydrogen-bond donors (Lipinski definition) is 1. The van der Waals surface area contributed by atoms with E-state index < -0.39 is 17.3 Å². The molecular weight excluding hydrogens is 549 g/mol. The van der Waals surface area contributed by atoms with Crippen LogP contribution < -0.4 is 10.1 Å². The number of carbonyl (C=O) groups is 1. The lowest BCUT2D eigenvalue weighted by Crippen LogP contribution is -2.47. The summed E-state index contributed by atoms with van der Waals surface area (Å²) < 4.78 is 57.5. The molecule has 2 heterocycles. The van der Waals surface area contributed by atoms with Gasteiger partial charge in [-0.25, -0.2) is 4.79 Å². The Morgan fingerprint density at radius 1 is 1.14 bits per heavy atom. The van der Waals surface area contributed by atoms with Crippen molar-refractivity contribution in [3.05, 3.63) is 60.2 Å². The third-order valence-electron chi connectivity index (χ3n) is 6.60. The van der Waals surface area contributed by atoms with Crippen molar-refractivity contribution in [1.82, 2.24) is 15.1 Å². The molecule has 230 valence electrons. The first-order valence-electron chi connectivity index (χ1n) is 14.0. The SMILES string of the molecule is C=CCCCc1cc(N[C@@H]2CCCN(C(=O)OC(C)(C)C)C2)nnc1-c1c(CC=C)cc(C(F)(F)F)cc1OCOC. The number of piperidine rings is 1. The van der Waals surface area contributed by atoms with Gasteiger partial charge in [0, 0.05) is 31.8 Å². The van der Waals surface area contributed by atoms with Crippen LogP contribution in [0.25, 0.3) is 11.3 Å².